The molecule has 1 unspecified atom stereocenters. The summed E-state index contributed by atoms with van der Waals surface area (Å²) >= 11 is 0. The van der Waals surface area contributed by atoms with Gasteiger partial charge in [-0.3, -0.25) is 0 Å². The molecule has 0 aromatic heterocycles. The molecule has 0 radical (unpaired) electrons. The van der Waals surface area contributed by atoms with Gasteiger partial charge >= 0.3 is 0 Å². The van der Waals surface area contributed by atoms with Crippen LogP contribution in [0.3, 0.4) is 0 Å². The fourth-order valence-corrected chi connectivity index (χ4v) is 2.70. The van der Waals surface area contributed by atoms with Crippen LogP contribution < -0.4 is 0 Å². The maximum absolute atomic E-state index is 10.1. The number of rotatable bonds is 8. The first kappa shape index (κ1) is 17.7. The van der Waals surface area contributed by atoms with Crippen molar-refractivity contribution in [2.45, 2.75) is 73.8 Å². The lowest BCUT2D eigenvalue weighted by Crippen LogP contribution is -2.36. The van der Waals surface area contributed by atoms with E-state index in [9.17, 15) is 5.11 Å². The molecule has 0 aliphatic heterocycles. The second-order valence-corrected chi connectivity index (χ2v) is 7.11. The predicted molar refractivity (Wildman–Crippen MR) is 81.6 cm³/mol. The highest BCUT2D eigenvalue weighted by molar-refractivity contribution is 4.94. The maximum atomic E-state index is 10.1. The Balaban J connectivity index is 5.03. The summed E-state index contributed by atoms with van der Waals surface area (Å²) < 4.78 is 0. The summed E-state index contributed by atoms with van der Waals surface area (Å²) in [5.41, 5.74) is 0.442. The monoisotopic (exact) mass is 254 g/mol. The first-order valence-electron chi connectivity index (χ1n) is 7.43. The second-order valence-electron chi connectivity index (χ2n) is 7.11. The van der Waals surface area contributed by atoms with Gasteiger partial charge < -0.3 is 5.11 Å². The largest absolute Gasteiger partial charge is 0.393 e. The summed E-state index contributed by atoms with van der Waals surface area (Å²) in [6.07, 6.45) is 5.10. The number of aliphatic hydroxyl groups is 1. The molecule has 0 aromatic rings. The molecule has 18 heavy (non-hydrogen) atoms. The molecule has 0 saturated heterocycles. The topological polar surface area (TPSA) is 20.2 Å². The highest BCUT2D eigenvalue weighted by Crippen LogP contribution is 2.43. The zero-order valence-electron chi connectivity index (χ0n) is 13.6. The SMILES string of the molecule is C=C[C@@H](CC([C@@H](C)O)C(C)(C)CC)C(C)(C)CC. The first-order chi connectivity index (χ1) is 8.12. The van der Waals surface area contributed by atoms with E-state index in [1.165, 1.54) is 0 Å². The number of allylic oxidation sites excluding steroid dienone is 1. The molecule has 0 amide bonds. The van der Waals surface area contributed by atoms with Crippen molar-refractivity contribution in [3.8, 4) is 0 Å². The molecule has 0 aliphatic rings. The summed E-state index contributed by atoms with van der Waals surface area (Å²) in [7, 11) is 0. The summed E-state index contributed by atoms with van der Waals surface area (Å²) in [5.74, 6) is 0.796. The Kier molecular flexibility index (Phi) is 6.63. The highest BCUT2D eigenvalue weighted by atomic mass is 16.3. The molecule has 108 valence electrons. The summed E-state index contributed by atoms with van der Waals surface area (Å²) in [6.45, 7) is 19.5. The van der Waals surface area contributed by atoms with Gasteiger partial charge in [-0.05, 0) is 36.0 Å². The minimum Gasteiger partial charge on any atom is -0.393 e. The van der Waals surface area contributed by atoms with Crippen LogP contribution in [0.5, 0.6) is 0 Å². The summed E-state index contributed by atoms with van der Waals surface area (Å²) in [5, 5.41) is 10.1. The van der Waals surface area contributed by atoms with Gasteiger partial charge in [-0.1, -0.05) is 60.5 Å². The molecule has 0 spiro atoms. The van der Waals surface area contributed by atoms with Crippen molar-refractivity contribution in [3.63, 3.8) is 0 Å². The van der Waals surface area contributed by atoms with Crippen LogP contribution in [-0.2, 0) is 0 Å². The van der Waals surface area contributed by atoms with Crippen LogP contribution in [-0.4, -0.2) is 11.2 Å². The molecule has 1 heteroatoms. The van der Waals surface area contributed by atoms with Gasteiger partial charge in [0.1, 0.15) is 0 Å². The van der Waals surface area contributed by atoms with Gasteiger partial charge in [0.15, 0.2) is 0 Å². The normalized spacial score (nSPS) is 18.2. The van der Waals surface area contributed by atoms with E-state index in [1.807, 2.05) is 6.92 Å². The van der Waals surface area contributed by atoms with Crippen molar-refractivity contribution in [1.82, 2.24) is 0 Å². The Morgan fingerprint density at radius 1 is 1.06 bits per heavy atom. The molecule has 0 bridgehead atoms. The van der Waals surface area contributed by atoms with Crippen molar-refractivity contribution in [2.24, 2.45) is 22.7 Å². The Morgan fingerprint density at radius 2 is 1.50 bits per heavy atom. The van der Waals surface area contributed by atoms with Gasteiger partial charge in [-0.2, -0.15) is 0 Å². The van der Waals surface area contributed by atoms with Crippen molar-refractivity contribution in [2.75, 3.05) is 0 Å². The molecule has 1 N–H and O–H groups in total. The maximum Gasteiger partial charge on any atom is 0.0545 e. The van der Waals surface area contributed by atoms with Crippen LogP contribution in [0.1, 0.15) is 67.7 Å². The lowest BCUT2D eigenvalue weighted by molar-refractivity contribution is 0.0190. The van der Waals surface area contributed by atoms with E-state index in [0.717, 1.165) is 19.3 Å². The average Bonchev–Trinajstić information content (AvgIpc) is 2.28. The molecule has 0 heterocycles. The Hall–Kier alpha value is -0.300. The van der Waals surface area contributed by atoms with Gasteiger partial charge in [0.05, 0.1) is 6.10 Å². The quantitative estimate of drug-likeness (QED) is 0.601. The van der Waals surface area contributed by atoms with Crippen molar-refractivity contribution in [3.05, 3.63) is 12.7 Å². The molecular weight excluding hydrogens is 220 g/mol. The second kappa shape index (κ2) is 6.75. The van der Waals surface area contributed by atoms with E-state index in [-0.39, 0.29) is 16.9 Å². The van der Waals surface area contributed by atoms with Crippen molar-refractivity contribution >= 4 is 0 Å². The lowest BCUT2D eigenvalue weighted by atomic mass is 9.65. The van der Waals surface area contributed by atoms with E-state index < -0.39 is 0 Å². The smallest absolute Gasteiger partial charge is 0.0545 e. The van der Waals surface area contributed by atoms with E-state index in [1.54, 1.807) is 0 Å². The van der Waals surface area contributed by atoms with Crippen molar-refractivity contribution < 1.29 is 5.11 Å². The predicted octanol–water partition coefficient (Wildman–Crippen LogP) is 5.05. The third-order valence-electron chi connectivity index (χ3n) is 5.20. The third kappa shape index (κ3) is 4.42. The Morgan fingerprint density at radius 3 is 1.78 bits per heavy atom. The summed E-state index contributed by atoms with van der Waals surface area (Å²) in [6, 6.07) is 0. The van der Waals surface area contributed by atoms with Gasteiger partial charge in [-0.15, -0.1) is 6.58 Å². The Labute approximate surface area is 115 Å². The Bertz CT molecular complexity index is 250. The van der Waals surface area contributed by atoms with E-state index in [2.05, 4.69) is 54.2 Å². The van der Waals surface area contributed by atoms with Crippen LogP contribution in [0, 0.1) is 22.7 Å². The standard InChI is InChI=1S/C17H34O/c1-9-14(16(5,6)10-2)12-15(13(4)18)17(7,8)11-3/h9,13-15,18H,1,10-12H2,2-8H3/t13-,14+,15?/m1/s1. The third-order valence-corrected chi connectivity index (χ3v) is 5.20. The van der Waals surface area contributed by atoms with Gasteiger partial charge in [0.2, 0.25) is 0 Å². The van der Waals surface area contributed by atoms with Gasteiger partial charge in [0, 0.05) is 0 Å². The van der Waals surface area contributed by atoms with Crippen LogP contribution >= 0.6 is 0 Å². The molecular formula is C17H34O. The zero-order chi connectivity index (χ0) is 14.6. The van der Waals surface area contributed by atoms with Crippen LogP contribution in [0.2, 0.25) is 0 Å². The van der Waals surface area contributed by atoms with Gasteiger partial charge in [-0.25, -0.2) is 0 Å². The van der Waals surface area contributed by atoms with E-state index >= 15 is 0 Å². The fourth-order valence-electron chi connectivity index (χ4n) is 2.70. The molecule has 1 nitrogen and oxygen atoms in total. The summed E-state index contributed by atoms with van der Waals surface area (Å²) in [4.78, 5) is 0. The number of hydrogen-bond acceptors (Lipinski definition) is 1. The van der Waals surface area contributed by atoms with Crippen molar-refractivity contribution in [1.29, 1.82) is 0 Å². The number of aliphatic hydroxyl groups excluding tert-OH is 1. The van der Waals surface area contributed by atoms with E-state index in [4.69, 9.17) is 0 Å². The molecule has 0 saturated carbocycles. The molecule has 0 aliphatic carbocycles. The van der Waals surface area contributed by atoms with E-state index in [0.29, 0.717) is 11.8 Å². The van der Waals surface area contributed by atoms with Gasteiger partial charge in [0.25, 0.3) is 0 Å². The van der Waals surface area contributed by atoms with Crippen LogP contribution in [0.15, 0.2) is 12.7 Å². The minimum atomic E-state index is -0.255. The first-order valence-corrected chi connectivity index (χ1v) is 7.43. The number of hydrogen-bond donors (Lipinski definition) is 1. The van der Waals surface area contributed by atoms with Crippen LogP contribution in [0.25, 0.3) is 0 Å². The zero-order valence-corrected chi connectivity index (χ0v) is 13.6. The lowest BCUT2D eigenvalue weighted by Gasteiger charge is -2.41. The molecule has 0 rings (SSSR count). The highest BCUT2D eigenvalue weighted by Gasteiger charge is 2.36. The molecule has 0 aromatic carbocycles. The average molecular weight is 254 g/mol. The molecule has 0 fully saturated rings. The fraction of sp³-hybridized carbons (Fsp3) is 0.882. The van der Waals surface area contributed by atoms with Crippen LogP contribution in [0.4, 0.5) is 0 Å². The molecule has 3 atom stereocenters. The minimum absolute atomic E-state index is 0.180.